The molecule has 29 heavy (non-hydrogen) atoms. The van der Waals surface area contributed by atoms with Crippen LogP contribution in [0.5, 0.6) is 0 Å². The Bertz CT molecular complexity index is 1030. The monoisotopic (exact) mass is 417 g/mol. The first-order valence-electron chi connectivity index (χ1n) is 9.15. The summed E-state index contributed by atoms with van der Waals surface area (Å²) in [6.07, 6.45) is 0. The number of nitrogens with zero attached hydrogens (tertiary/aromatic N) is 1. The van der Waals surface area contributed by atoms with Gasteiger partial charge in [-0.3, -0.25) is 9.59 Å². The van der Waals surface area contributed by atoms with E-state index in [4.69, 9.17) is 4.74 Å². The predicted molar refractivity (Wildman–Crippen MR) is 109 cm³/mol. The molecule has 1 fully saturated rings. The Labute approximate surface area is 169 Å². The highest BCUT2D eigenvalue weighted by Gasteiger charge is 2.28. The van der Waals surface area contributed by atoms with Crippen molar-refractivity contribution in [1.82, 2.24) is 9.62 Å². The van der Waals surface area contributed by atoms with E-state index in [9.17, 15) is 18.0 Å². The Kier molecular flexibility index (Phi) is 6.31. The average molecular weight is 417 g/mol. The van der Waals surface area contributed by atoms with Gasteiger partial charge in [-0.15, -0.1) is 0 Å². The summed E-state index contributed by atoms with van der Waals surface area (Å²) in [6, 6.07) is 11.1. The molecule has 1 aliphatic rings. The maximum absolute atomic E-state index is 13.0. The fourth-order valence-electron chi connectivity index (χ4n) is 3.06. The lowest BCUT2D eigenvalue weighted by atomic mass is 10.1. The second kappa shape index (κ2) is 8.73. The zero-order chi connectivity index (χ0) is 21.0. The van der Waals surface area contributed by atoms with Gasteiger partial charge in [0.15, 0.2) is 0 Å². The number of aryl methyl sites for hydroxylation is 1. The zero-order valence-electron chi connectivity index (χ0n) is 16.3. The fourth-order valence-corrected chi connectivity index (χ4v) is 4.72. The first-order valence-corrected chi connectivity index (χ1v) is 10.6. The molecule has 2 aromatic rings. The number of carbonyl (C=O) groups excluding carboxylic acids is 2. The molecule has 1 heterocycles. The molecule has 0 radical (unpaired) electrons. The Morgan fingerprint density at radius 2 is 1.72 bits per heavy atom. The van der Waals surface area contributed by atoms with Gasteiger partial charge in [-0.1, -0.05) is 18.2 Å². The van der Waals surface area contributed by atoms with Crippen molar-refractivity contribution in [2.45, 2.75) is 11.8 Å². The van der Waals surface area contributed by atoms with Crippen molar-refractivity contribution in [3.05, 3.63) is 59.2 Å². The van der Waals surface area contributed by atoms with Gasteiger partial charge < -0.3 is 15.4 Å². The van der Waals surface area contributed by atoms with Crippen LogP contribution in [0.15, 0.2) is 47.4 Å². The molecule has 1 saturated heterocycles. The number of nitrogens with one attached hydrogen (secondary N) is 2. The number of benzene rings is 2. The van der Waals surface area contributed by atoms with Crippen LogP contribution >= 0.6 is 0 Å². The first-order chi connectivity index (χ1) is 13.8. The topological polar surface area (TPSA) is 105 Å². The number of sulfonamides is 1. The van der Waals surface area contributed by atoms with E-state index in [0.717, 1.165) is 0 Å². The lowest BCUT2D eigenvalue weighted by Gasteiger charge is -2.26. The molecular weight excluding hydrogens is 394 g/mol. The second-order valence-corrected chi connectivity index (χ2v) is 8.48. The molecule has 3 rings (SSSR count). The first kappa shape index (κ1) is 21.0. The predicted octanol–water partition coefficient (Wildman–Crippen LogP) is 1.63. The maximum Gasteiger partial charge on any atom is 0.255 e. The van der Waals surface area contributed by atoms with E-state index in [0.29, 0.717) is 30.0 Å². The van der Waals surface area contributed by atoms with E-state index >= 15 is 0 Å². The summed E-state index contributed by atoms with van der Waals surface area (Å²) < 4.78 is 32.6. The van der Waals surface area contributed by atoms with Crippen LogP contribution in [-0.2, 0) is 14.8 Å². The minimum atomic E-state index is -3.74. The van der Waals surface area contributed by atoms with Crippen molar-refractivity contribution < 1.29 is 22.7 Å². The van der Waals surface area contributed by atoms with Crippen molar-refractivity contribution in [2.75, 3.05) is 38.7 Å². The molecule has 2 N–H and O–H groups in total. The number of amides is 2. The minimum absolute atomic E-state index is 0.0895. The highest BCUT2D eigenvalue weighted by molar-refractivity contribution is 7.89. The van der Waals surface area contributed by atoms with E-state index in [1.54, 1.807) is 43.3 Å². The van der Waals surface area contributed by atoms with Crippen LogP contribution in [0.3, 0.4) is 0 Å². The normalized spacial score (nSPS) is 15.0. The molecular formula is C20H23N3O5S. The molecule has 9 heteroatoms. The number of ether oxygens (including phenoxy) is 1. The molecule has 0 saturated carbocycles. The molecule has 0 bridgehead atoms. The van der Waals surface area contributed by atoms with E-state index in [1.165, 1.54) is 17.4 Å². The molecule has 0 atom stereocenters. The summed E-state index contributed by atoms with van der Waals surface area (Å²) in [7, 11) is -2.23. The van der Waals surface area contributed by atoms with Crippen LogP contribution in [0.25, 0.3) is 0 Å². The number of hydrogen-bond acceptors (Lipinski definition) is 5. The summed E-state index contributed by atoms with van der Waals surface area (Å²) in [5, 5.41) is 5.21. The standard InChI is InChI=1S/C20H23N3O5S/c1-14-7-8-15(13-18(14)29(26,27)23-9-11-28-12-10-23)19(24)22-17-6-4-3-5-16(17)20(25)21-2/h3-8,13H,9-12H2,1-2H3,(H,21,25)(H,22,24). The molecule has 1 aliphatic heterocycles. The minimum Gasteiger partial charge on any atom is -0.379 e. The second-order valence-electron chi connectivity index (χ2n) is 6.58. The van der Waals surface area contributed by atoms with Crippen LogP contribution in [0.4, 0.5) is 5.69 Å². The molecule has 154 valence electrons. The summed E-state index contributed by atoms with van der Waals surface area (Å²) in [6.45, 7) is 2.93. The summed E-state index contributed by atoms with van der Waals surface area (Å²) in [5.41, 5.74) is 1.40. The largest absolute Gasteiger partial charge is 0.379 e. The van der Waals surface area contributed by atoms with Crippen LogP contribution in [-0.4, -0.2) is 57.9 Å². The Morgan fingerprint density at radius 3 is 2.41 bits per heavy atom. The van der Waals surface area contributed by atoms with Gasteiger partial charge in [0, 0.05) is 25.7 Å². The van der Waals surface area contributed by atoms with Crippen molar-refractivity contribution in [3.8, 4) is 0 Å². The summed E-state index contributed by atoms with van der Waals surface area (Å²) in [5.74, 6) is -0.833. The van der Waals surface area contributed by atoms with Gasteiger partial charge in [0.25, 0.3) is 11.8 Å². The highest BCUT2D eigenvalue weighted by Crippen LogP contribution is 2.23. The van der Waals surface area contributed by atoms with Gasteiger partial charge in [0.05, 0.1) is 29.4 Å². The third-order valence-electron chi connectivity index (χ3n) is 4.69. The third-order valence-corrected chi connectivity index (χ3v) is 6.73. The van der Waals surface area contributed by atoms with Crippen molar-refractivity contribution in [1.29, 1.82) is 0 Å². The maximum atomic E-state index is 13.0. The SMILES string of the molecule is CNC(=O)c1ccccc1NC(=O)c1ccc(C)c(S(=O)(=O)N2CCOCC2)c1. The quantitative estimate of drug-likeness (QED) is 0.769. The van der Waals surface area contributed by atoms with E-state index < -0.39 is 15.9 Å². The van der Waals surface area contributed by atoms with Gasteiger partial charge in [0.2, 0.25) is 10.0 Å². The summed E-state index contributed by atoms with van der Waals surface area (Å²) in [4.78, 5) is 24.9. The van der Waals surface area contributed by atoms with E-state index in [1.807, 2.05) is 0 Å². The Hall–Kier alpha value is -2.75. The van der Waals surface area contributed by atoms with Crippen LogP contribution < -0.4 is 10.6 Å². The number of rotatable bonds is 5. The Balaban J connectivity index is 1.90. The number of morpholine rings is 1. The molecule has 2 aromatic carbocycles. The van der Waals surface area contributed by atoms with Crippen molar-refractivity contribution in [2.24, 2.45) is 0 Å². The lowest BCUT2D eigenvalue weighted by molar-refractivity contribution is 0.0730. The number of hydrogen-bond donors (Lipinski definition) is 2. The molecule has 2 amide bonds. The van der Waals surface area contributed by atoms with E-state index in [2.05, 4.69) is 10.6 Å². The van der Waals surface area contributed by atoms with Gasteiger partial charge in [-0.2, -0.15) is 4.31 Å². The summed E-state index contributed by atoms with van der Waals surface area (Å²) >= 11 is 0. The van der Waals surface area contributed by atoms with Crippen molar-refractivity contribution >= 4 is 27.5 Å². The van der Waals surface area contributed by atoms with E-state index in [-0.39, 0.29) is 29.5 Å². The highest BCUT2D eigenvalue weighted by atomic mass is 32.2. The lowest BCUT2D eigenvalue weighted by Crippen LogP contribution is -2.40. The number of carbonyl (C=O) groups is 2. The molecule has 8 nitrogen and oxygen atoms in total. The average Bonchev–Trinajstić information content (AvgIpc) is 2.74. The number of anilines is 1. The van der Waals surface area contributed by atoms with Crippen LogP contribution in [0.2, 0.25) is 0 Å². The van der Waals surface area contributed by atoms with Gasteiger partial charge in [-0.25, -0.2) is 8.42 Å². The van der Waals surface area contributed by atoms with Crippen molar-refractivity contribution in [3.63, 3.8) is 0 Å². The fraction of sp³-hybridized carbons (Fsp3) is 0.300. The Morgan fingerprint density at radius 1 is 1.03 bits per heavy atom. The molecule has 0 spiro atoms. The number of para-hydroxylation sites is 1. The van der Waals surface area contributed by atoms with Crippen LogP contribution in [0, 0.1) is 6.92 Å². The smallest absolute Gasteiger partial charge is 0.255 e. The van der Waals surface area contributed by atoms with Gasteiger partial charge >= 0.3 is 0 Å². The zero-order valence-corrected chi connectivity index (χ0v) is 17.1. The molecule has 0 aliphatic carbocycles. The molecule has 0 aromatic heterocycles. The third kappa shape index (κ3) is 4.47. The van der Waals surface area contributed by atoms with Crippen LogP contribution in [0.1, 0.15) is 26.3 Å². The molecule has 0 unspecified atom stereocenters. The van der Waals surface area contributed by atoms with Gasteiger partial charge in [0.1, 0.15) is 0 Å². The van der Waals surface area contributed by atoms with Gasteiger partial charge in [-0.05, 0) is 36.8 Å².